The molecule has 23 heavy (non-hydrogen) atoms. The highest BCUT2D eigenvalue weighted by Crippen LogP contribution is 2.29. The van der Waals surface area contributed by atoms with Gasteiger partial charge in [-0.15, -0.1) is 5.10 Å². The summed E-state index contributed by atoms with van der Waals surface area (Å²) in [6, 6.07) is 7.27. The lowest BCUT2D eigenvalue weighted by Crippen LogP contribution is -2.37. The first kappa shape index (κ1) is 17.1. The van der Waals surface area contributed by atoms with Gasteiger partial charge in [0.25, 0.3) is 5.91 Å². The number of aliphatic hydroxyl groups excluding tert-OH is 1. The molecular formula is C17H24N4O2. The third-order valence-electron chi connectivity index (χ3n) is 4.56. The first-order valence-corrected chi connectivity index (χ1v) is 8.00. The Morgan fingerprint density at radius 1 is 1.35 bits per heavy atom. The predicted octanol–water partition coefficient (Wildman–Crippen LogP) is 2.19. The molecular weight excluding hydrogens is 292 g/mol. The van der Waals surface area contributed by atoms with Crippen LogP contribution in [0, 0.1) is 5.41 Å². The second-order valence-electron chi connectivity index (χ2n) is 5.76. The van der Waals surface area contributed by atoms with E-state index in [-0.39, 0.29) is 17.9 Å². The highest BCUT2D eigenvalue weighted by Gasteiger charge is 2.26. The zero-order valence-corrected chi connectivity index (χ0v) is 13.7. The number of aromatic nitrogens is 3. The van der Waals surface area contributed by atoms with Crippen LogP contribution < -0.4 is 5.32 Å². The van der Waals surface area contributed by atoms with Crippen molar-refractivity contribution in [1.82, 2.24) is 20.3 Å². The summed E-state index contributed by atoms with van der Waals surface area (Å²) in [7, 11) is 0. The van der Waals surface area contributed by atoms with Gasteiger partial charge in [0.1, 0.15) is 0 Å². The van der Waals surface area contributed by atoms with Crippen molar-refractivity contribution in [2.75, 3.05) is 13.2 Å². The number of carbonyl (C=O) groups is 1. The van der Waals surface area contributed by atoms with Crippen molar-refractivity contribution >= 4 is 5.91 Å². The fourth-order valence-corrected chi connectivity index (χ4v) is 2.68. The maximum Gasteiger partial charge on any atom is 0.251 e. The molecule has 124 valence electrons. The minimum absolute atomic E-state index is 0.0477. The normalized spacial score (nSPS) is 11.4. The second kappa shape index (κ2) is 7.87. The number of hydrogen-bond donors (Lipinski definition) is 2. The molecule has 0 radical (unpaired) electrons. The van der Waals surface area contributed by atoms with Gasteiger partial charge in [0, 0.05) is 18.7 Å². The molecule has 0 atom stereocenters. The van der Waals surface area contributed by atoms with Crippen molar-refractivity contribution in [3.05, 3.63) is 42.2 Å². The van der Waals surface area contributed by atoms with Gasteiger partial charge in [-0.3, -0.25) is 4.79 Å². The van der Waals surface area contributed by atoms with Gasteiger partial charge in [-0.05, 0) is 42.9 Å². The first-order valence-electron chi connectivity index (χ1n) is 8.00. The van der Waals surface area contributed by atoms with Gasteiger partial charge < -0.3 is 10.4 Å². The lowest BCUT2D eigenvalue weighted by Gasteiger charge is -2.31. The van der Waals surface area contributed by atoms with E-state index < -0.39 is 0 Å². The van der Waals surface area contributed by atoms with Crippen LogP contribution in [-0.2, 0) is 0 Å². The number of carbonyl (C=O) groups excluding carboxylic acids is 1. The van der Waals surface area contributed by atoms with Crippen LogP contribution in [0.1, 0.15) is 43.5 Å². The van der Waals surface area contributed by atoms with Crippen molar-refractivity contribution in [3.8, 4) is 5.69 Å². The average molecular weight is 316 g/mol. The standard InChI is InChI=1S/C17H24N4O2/c1-3-17(4-2,8-11-22)13-18-16(23)14-6-5-7-15(12-14)21-10-9-19-20-21/h5-7,9-10,12,22H,3-4,8,11,13H2,1-2H3,(H,18,23). The van der Waals surface area contributed by atoms with Gasteiger partial charge in [-0.25, -0.2) is 4.68 Å². The molecule has 1 aromatic carbocycles. The monoisotopic (exact) mass is 316 g/mol. The van der Waals surface area contributed by atoms with E-state index in [1.165, 1.54) is 0 Å². The Hall–Kier alpha value is -2.21. The fourth-order valence-electron chi connectivity index (χ4n) is 2.68. The molecule has 1 amide bonds. The maximum atomic E-state index is 12.4. The molecule has 0 aliphatic rings. The van der Waals surface area contributed by atoms with Gasteiger partial charge in [0.05, 0.1) is 18.1 Å². The van der Waals surface area contributed by atoms with Gasteiger partial charge in [0.15, 0.2) is 0 Å². The number of nitrogens with one attached hydrogen (secondary N) is 1. The molecule has 0 aliphatic carbocycles. The Morgan fingerprint density at radius 2 is 2.13 bits per heavy atom. The number of hydrogen-bond acceptors (Lipinski definition) is 4. The summed E-state index contributed by atoms with van der Waals surface area (Å²) in [6.45, 7) is 4.89. The van der Waals surface area contributed by atoms with Crippen LogP contribution in [0.3, 0.4) is 0 Å². The highest BCUT2D eigenvalue weighted by molar-refractivity contribution is 5.94. The largest absolute Gasteiger partial charge is 0.396 e. The Balaban J connectivity index is 2.07. The molecule has 1 aromatic heterocycles. The second-order valence-corrected chi connectivity index (χ2v) is 5.76. The molecule has 2 N–H and O–H groups in total. The van der Waals surface area contributed by atoms with Gasteiger partial charge in [-0.2, -0.15) is 0 Å². The topological polar surface area (TPSA) is 80.0 Å². The minimum Gasteiger partial charge on any atom is -0.396 e. The molecule has 2 aromatic rings. The van der Waals surface area contributed by atoms with E-state index in [0.29, 0.717) is 18.5 Å². The SMILES string of the molecule is CCC(CC)(CCO)CNC(=O)c1cccc(-n2ccnn2)c1. The summed E-state index contributed by atoms with van der Waals surface area (Å²) in [6.07, 6.45) is 5.86. The van der Waals surface area contributed by atoms with E-state index in [0.717, 1.165) is 18.5 Å². The Morgan fingerprint density at radius 3 is 2.74 bits per heavy atom. The lowest BCUT2D eigenvalue weighted by atomic mass is 9.79. The van der Waals surface area contributed by atoms with Crippen LogP contribution in [0.2, 0.25) is 0 Å². The molecule has 2 rings (SSSR count). The Bertz CT molecular complexity index is 621. The summed E-state index contributed by atoms with van der Waals surface area (Å²) in [4.78, 5) is 12.4. The summed E-state index contributed by atoms with van der Waals surface area (Å²) in [5.74, 6) is -0.115. The molecule has 6 nitrogen and oxygen atoms in total. The van der Waals surface area contributed by atoms with E-state index in [1.54, 1.807) is 29.2 Å². The van der Waals surface area contributed by atoms with Crippen LogP contribution >= 0.6 is 0 Å². The molecule has 0 bridgehead atoms. The molecule has 0 fully saturated rings. The summed E-state index contributed by atoms with van der Waals surface area (Å²) in [5.41, 5.74) is 1.33. The number of nitrogens with zero attached hydrogens (tertiary/aromatic N) is 3. The quantitative estimate of drug-likeness (QED) is 0.782. The molecule has 0 saturated carbocycles. The minimum atomic E-state index is -0.115. The predicted molar refractivity (Wildman–Crippen MR) is 88.4 cm³/mol. The van der Waals surface area contributed by atoms with E-state index in [4.69, 9.17) is 0 Å². The third kappa shape index (κ3) is 4.16. The molecule has 0 saturated heterocycles. The molecule has 1 heterocycles. The van der Waals surface area contributed by atoms with Crippen molar-refractivity contribution in [3.63, 3.8) is 0 Å². The van der Waals surface area contributed by atoms with Crippen molar-refractivity contribution in [1.29, 1.82) is 0 Å². The van der Waals surface area contributed by atoms with Gasteiger partial charge >= 0.3 is 0 Å². The zero-order chi connectivity index (χ0) is 16.7. The van der Waals surface area contributed by atoms with Crippen LogP contribution in [-0.4, -0.2) is 39.2 Å². The molecule has 6 heteroatoms. The first-order chi connectivity index (χ1) is 11.1. The van der Waals surface area contributed by atoms with Gasteiger partial charge in [0.2, 0.25) is 0 Å². The Labute approximate surface area is 136 Å². The van der Waals surface area contributed by atoms with Crippen molar-refractivity contribution in [2.24, 2.45) is 5.41 Å². The summed E-state index contributed by atoms with van der Waals surface area (Å²) >= 11 is 0. The van der Waals surface area contributed by atoms with Crippen LogP contribution in [0.15, 0.2) is 36.7 Å². The van der Waals surface area contributed by atoms with Crippen LogP contribution in [0.25, 0.3) is 5.69 Å². The van der Waals surface area contributed by atoms with Crippen LogP contribution in [0.4, 0.5) is 0 Å². The van der Waals surface area contributed by atoms with Crippen molar-refractivity contribution < 1.29 is 9.90 Å². The zero-order valence-electron chi connectivity index (χ0n) is 13.7. The fraction of sp³-hybridized carbons (Fsp3) is 0.471. The van der Waals surface area contributed by atoms with E-state index in [1.807, 2.05) is 12.1 Å². The molecule has 0 spiro atoms. The average Bonchev–Trinajstić information content (AvgIpc) is 3.13. The Kier molecular flexibility index (Phi) is 5.87. The summed E-state index contributed by atoms with van der Waals surface area (Å²) in [5, 5.41) is 20.0. The lowest BCUT2D eigenvalue weighted by molar-refractivity contribution is 0.0907. The number of amides is 1. The number of rotatable bonds is 8. The van der Waals surface area contributed by atoms with E-state index in [2.05, 4.69) is 29.5 Å². The van der Waals surface area contributed by atoms with E-state index >= 15 is 0 Å². The number of benzene rings is 1. The van der Waals surface area contributed by atoms with Gasteiger partial charge in [-0.1, -0.05) is 25.1 Å². The van der Waals surface area contributed by atoms with Crippen molar-refractivity contribution in [2.45, 2.75) is 33.1 Å². The third-order valence-corrected chi connectivity index (χ3v) is 4.56. The number of aliphatic hydroxyl groups is 1. The highest BCUT2D eigenvalue weighted by atomic mass is 16.3. The smallest absolute Gasteiger partial charge is 0.251 e. The van der Waals surface area contributed by atoms with E-state index in [9.17, 15) is 9.90 Å². The molecule has 0 unspecified atom stereocenters. The van der Waals surface area contributed by atoms with Crippen LogP contribution in [0.5, 0.6) is 0 Å². The maximum absolute atomic E-state index is 12.4. The summed E-state index contributed by atoms with van der Waals surface area (Å²) < 4.78 is 1.62. The molecule has 0 aliphatic heterocycles.